The van der Waals surface area contributed by atoms with Gasteiger partial charge >= 0.3 is 5.69 Å². The number of H-pyrrole nitrogens is 1. The number of nitrogens with one attached hydrogen (secondary N) is 1. The Balaban J connectivity index is 2.34. The molecule has 0 radical (unpaired) electrons. The summed E-state index contributed by atoms with van der Waals surface area (Å²) in [4.78, 5) is 26.2. The van der Waals surface area contributed by atoms with Gasteiger partial charge in [0.15, 0.2) is 5.78 Å². The number of carbonyl (C=O) groups is 1. The molecule has 6 heteroatoms. The van der Waals surface area contributed by atoms with Gasteiger partial charge in [0, 0.05) is 10.0 Å². The normalized spacial score (nSPS) is 12.3. The second kappa shape index (κ2) is 5.30. The fourth-order valence-electron chi connectivity index (χ4n) is 1.76. The number of halogens is 1. The van der Waals surface area contributed by atoms with E-state index >= 15 is 0 Å². The van der Waals surface area contributed by atoms with Gasteiger partial charge in [-0.25, -0.2) is 9.48 Å². The van der Waals surface area contributed by atoms with Crippen molar-refractivity contribution in [2.45, 2.75) is 19.4 Å². The Morgan fingerprint density at radius 1 is 1.44 bits per heavy atom. The molecule has 1 N–H and O–H groups in total. The summed E-state index contributed by atoms with van der Waals surface area (Å²) >= 11 is 3.32. The molecule has 0 aliphatic rings. The van der Waals surface area contributed by atoms with Gasteiger partial charge in [-0.15, -0.1) is 0 Å². The zero-order chi connectivity index (χ0) is 13.1. The van der Waals surface area contributed by atoms with Crippen molar-refractivity contribution in [2.75, 3.05) is 0 Å². The van der Waals surface area contributed by atoms with E-state index in [1.54, 1.807) is 24.3 Å². The van der Waals surface area contributed by atoms with Crippen LogP contribution in [-0.4, -0.2) is 20.5 Å². The first-order valence-electron chi connectivity index (χ1n) is 5.55. The lowest BCUT2D eigenvalue weighted by molar-refractivity contribution is 0.0911. The summed E-state index contributed by atoms with van der Waals surface area (Å²) in [7, 11) is 0. The van der Waals surface area contributed by atoms with E-state index in [4.69, 9.17) is 0 Å². The van der Waals surface area contributed by atoms with E-state index in [0.717, 1.165) is 4.47 Å². The van der Waals surface area contributed by atoms with Crippen molar-refractivity contribution < 1.29 is 4.79 Å². The number of aromatic amines is 1. The first-order valence-corrected chi connectivity index (χ1v) is 6.34. The average Bonchev–Trinajstić information content (AvgIpc) is 2.78. The van der Waals surface area contributed by atoms with Crippen LogP contribution in [0.5, 0.6) is 0 Å². The third-order valence-corrected chi connectivity index (χ3v) is 3.22. The Morgan fingerprint density at radius 3 is 2.61 bits per heavy atom. The lowest BCUT2D eigenvalue weighted by Crippen LogP contribution is -2.29. The summed E-state index contributed by atoms with van der Waals surface area (Å²) in [6.07, 6.45) is 1.81. The Morgan fingerprint density at radius 2 is 2.11 bits per heavy atom. The number of carbonyl (C=O) groups excluding carboxylic acids is 1. The molecule has 0 bridgehead atoms. The third-order valence-electron chi connectivity index (χ3n) is 2.69. The minimum absolute atomic E-state index is 0.112. The lowest BCUT2D eigenvalue weighted by atomic mass is 10.0. The van der Waals surface area contributed by atoms with Crippen LogP contribution >= 0.6 is 15.9 Å². The lowest BCUT2D eigenvalue weighted by Gasteiger charge is -2.12. The number of aromatic nitrogens is 3. The second-order valence-electron chi connectivity index (χ2n) is 3.83. The molecule has 0 aliphatic carbocycles. The largest absolute Gasteiger partial charge is 0.343 e. The molecule has 1 heterocycles. The van der Waals surface area contributed by atoms with Crippen LogP contribution in [0.4, 0.5) is 0 Å². The first-order chi connectivity index (χ1) is 8.63. The van der Waals surface area contributed by atoms with E-state index < -0.39 is 6.04 Å². The molecule has 5 nitrogen and oxygen atoms in total. The molecule has 1 atom stereocenters. The van der Waals surface area contributed by atoms with Crippen molar-refractivity contribution in [1.29, 1.82) is 0 Å². The standard InChI is InChI=1S/C12H12BrN3O2/c1-2-10(16-12(18)14-7-15-16)11(17)8-3-5-9(13)6-4-8/h3-7,10H,2H2,1H3,(H,14,15,18). The van der Waals surface area contributed by atoms with Crippen LogP contribution < -0.4 is 5.69 Å². The Kier molecular flexibility index (Phi) is 3.76. The third kappa shape index (κ3) is 2.43. The van der Waals surface area contributed by atoms with Crippen LogP contribution in [0.1, 0.15) is 29.7 Å². The highest BCUT2D eigenvalue weighted by Gasteiger charge is 2.22. The average molecular weight is 310 g/mol. The van der Waals surface area contributed by atoms with Crippen molar-refractivity contribution in [1.82, 2.24) is 14.8 Å². The summed E-state index contributed by atoms with van der Waals surface area (Å²) < 4.78 is 2.09. The highest BCUT2D eigenvalue weighted by molar-refractivity contribution is 9.10. The Bertz CT molecular complexity index is 600. The maximum atomic E-state index is 12.3. The molecule has 0 spiro atoms. The molecule has 0 amide bonds. The fourth-order valence-corrected chi connectivity index (χ4v) is 2.03. The monoisotopic (exact) mass is 309 g/mol. The summed E-state index contributed by atoms with van der Waals surface area (Å²) in [6, 6.07) is 6.49. The SMILES string of the molecule is CCC(C(=O)c1ccc(Br)cc1)n1nc[nH]c1=O. The molecule has 0 saturated heterocycles. The molecule has 1 aromatic heterocycles. The molecule has 2 aromatic rings. The van der Waals surface area contributed by atoms with E-state index in [2.05, 4.69) is 26.0 Å². The first kappa shape index (κ1) is 12.8. The predicted molar refractivity (Wildman–Crippen MR) is 70.6 cm³/mol. The van der Waals surface area contributed by atoms with E-state index in [1.165, 1.54) is 11.0 Å². The van der Waals surface area contributed by atoms with Gasteiger partial charge in [0.2, 0.25) is 0 Å². The van der Waals surface area contributed by atoms with Gasteiger partial charge in [-0.05, 0) is 18.6 Å². The highest BCUT2D eigenvalue weighted by atomic mass is 79.9. The van der Waals surface area contributed by atoms with Crippen molar-refractivity contribution >= 4 is 21.7 Å². The Hall–Kier alpha value is -1.69. The summed E-state index contributed by atoms with van der Waals surface area (Å²) in [5, 5.41) is 3.87. The zero-order valence-electron chi connectivity index (χ0n) is 9.76. The minimum Gasteiger partial charge on any atom is -0.295 e. The van der Waals surface area contributed by atoms with Crippen molar-refractivity contribution in [2.24, 2.45) is 0 Å². The maximum Gasteiger partial charge on any atom is 0.343 e. The molecular weight excluding hydrogens is 298 g/mol. The number of ketones is 1. The number of nitrogens with zero attached hydrogens (tertiary/aromatic N) is 2. The van der Waals surface area contributed by atoms with Gasteiger partial charge in [-0.1, -0.05) is 35.0 Å². The molecule has 2 rings (SSSR count). The van der Waals surface area contributed by atoms with E-state index in [-0.39, 0.29) is 11.5 Å². The predicted octanol–water partition coefficient (Wildman–Crippen LogP) is 2.17. The number of rotatable bonds is 4. The van der Waals surface area contributed by atoms with Crippen LogP contribution in [0.3, 0.4) is 0 Å². The van der Waals surface area contributed by atoms with Crippen LogP contribution in [0.15, 0.2) is 39.9 Å². The van der Waals surface area contributed by atoms with Gasteiger partial charge in [0.1, 0.15) is 12.4 Å². The van der Waals surface area contributed by atoms with Crippen molar-refractivity contribution in [3.63, 3.8) is 0 Å². The topological polar surface area (TPSA) is 67.8 Å². The maximum absolute atomic E-state index is 12.3. The van der Waals surface area contributed by atoms with Gasteiger partial charge < -0.3 is 0 Å². The molecule has 94 valence electrons. The quantitative estimate of drug-likeness (QED) is 0.880. The Labute approximate surface area is 112 Å². The van der Waals surface area contributed by atoms with Crippen LogP contribution in [0, 0.1) is 0 Å². The number of hydrogen-bond acceptors (Lipinski definition) is 3. The number of hydrogen-bond donors (Lipinski definition) is 1. The summed E-state index contributed by atoms with van der Waals surface area (Å²) in [5.41, 5.74) is 0.201. The number of benzene rings is 1. The van der Waals surface area contributed by atoms with Crippen molar-refractivity contribution in [3.05, 3.63) is 51.1 Å². The zero-order valence-corrected chi connectivity index (χ0v) is 11.3. The van der Waals surface area contributed by atoms with E-state index in [9.17, 15) is 9.59 Å². The number of Topliss-reactive ketones (excluding diaryl/α,β-unsaturated/α-hetero) is 1. The van der Waals surface area contributed by atoms with Crippen LogP contribution in [-0.2, 0) is 0 Å². The van der Waals surface area contributed by atoms with Gasteiger partial charge in [-0.2, -0.15) is 5.10 Å². The summed E-state index contributed by atoms with van der Waals surface area (Å²) in [5.74, 6) is -0.112. The molecule has 18 heavy (non-hydrogen) atoms. The van der Waals surface area contributed by atoms with E-state index in [0.29, 0.717) is 12.0 Å². The van der Waals surface area contributed by atoms with Crippen LogP contribution in [0.25, 0.3) is 0 Å². The smallest absolute Gasteiger partial charge is 0.295 e. The summed E-state index contributed by atoms with van der Waals surface area (Å²) in [6.45, 7) is 1.85. The minimum atomic E-state index is -0.565. The van der Waals surface area contributed by atoms with E-state index in [1.807, 2.05) is 6.92 Å². The van der Waals surface area contributed by atoms with Gasteiger partial charge in [-0.3, -0.25) is 9.78 Å². The highest BCUT2D eigenvalue weighted by Crippen LogP contribution is 2.17. The molecule has 0 fully saturated rings. The van der Waals surface area contributed by atoms with Crippen molar-refractivity contribution in [3.8, 4) is 0 Å². The molecule has 0 aliphatic heterocycles. The molecular formula is C12H12BrN3O2. The van der Waals surface area contributed by atoms with Gasteiger partial charge in [0.05, 0.1) is 0 Å². The van der Waals surface area contributed by atoms with Crippen LogP contribution in [0.2, 0.25) is 0 Å². The molecule has 1 unspecified atom stereocenters. The van der Waals surface area contributed by atoms with Gasteiger partial charge in [0.25, 0.3) is 0 Å². The second-order valence-corrected chi connectivity index (χ2v) is 4.75. The fraction of sp³-hybridized carbons (Fsp3) is 0.250. The molecule has 1 aromatic carbocycles. The molecule has 0 saturated carbocycles.